The lowest BCUT2D eigenvalue weighted by Gasteiger charge is -2.27. The number of rotatable bonds is 6. The first kappa shape index (κ1) is 15.2. The molecule has 0 amide bonds. The second-order valence-electron chi connectivity index (χ2n) is 6.89. The minimum Gasteiger partial charge on any atom is -0.377 e. The van der Waals surface area contributed by atoms with Crippen LogP contribution >= 0.6 is 0 Å². The van der Waals surface area contributed by atoms with Crippen molar-refractivity contribution in [1.82, 2.24) is 5.32 Å². The lowest BCUT2D eigenvalue weighted by Crippen LogP contribution is -2.44. The molecule has 0 aromatic rings. The summed E-state index contributed by atoms with van der Waals surface area (Å²) < 4.78 is 17.3. The molecule has 0 aliphatic carbocycles. The van der Waals surface area contributed by atoms with Gasteiger partial charge in [0, 0.05) is 19.2 Å². The molecule has 0 spiro atoms. The van der Waals surface area contributed by atoms with Crippen LogP contribution < -0.4 is 5.32 Å². The molecule has 2 rings (SSSR count). The quantitative estimate of drug-likeness (QED) is 0.751. The minimum atomic E-state index is -0.0991. The molecule has 0 bridgehead atoms. The van der Waals surface area contributed by atoms with Gasteiger partial charge in [0.25, 0.3) is 0 Å². The Labute approximate surface area is 117 Å². The maximum Gasteiger partial charge on any atom is 0.0809 e. The standard InChI is InChI=1S/C15H29NO3/c1-14(2)10-13(15(3,4)19-14)16-7-9-17-11-12-6-5-8-18-12/h12-13,16H,5-11H2,1-4H3/t12-,13+/m1/s1. The molecule has 19 heavy (non-hydrogen) atoms. The van der Waals surface area contributed by atoms with E-state index in [0.717, 1.165) is 39.2 Å². The maximum atomic E-state index is 6.06. The van der Waals surface area contributed by atoms with Crippen LogP contribution in [0.5, 0.6) is 0 Å². The third-order valence-corrected chi connectivity index (χ3v) is 4.04. The second-order valence-corrected chi connectivity index (χ2v) is 6.89. The normalized spacial score (nSPS) is 32.8. The fraction of sp³-hybridized carbons (Fsp3) is 1.00. The van der Waals surface area contributed by atoms with Crippen molar-refractivity contribution < 1.29 is 14.2 Å². The molecule has 2 atom stereocenters. The summed E-state index contributed by atoms with van der Waals surface area (Å²) in [4.78, 5) is 0. The van der Waals surface area contributed by atoms with E-state index in [0.29, 0.717) is 12.1 Å². The van der Waals surface area contributed by atoms with E-state index < -0.39 is 0 Å². The van der Waals surface area contributed by atoms with E-state index in [9.17, 15) is 0 Å². The van der Waals surface area contributed by atoms with Crippen LogP contribution in [0.25, 0.3) is 0 Å². The lowest BCUT2D eigenvalue weighted by atomic mass is 9.94. The SMILES string of the molecule is CC1(C)C[C@H](NCCOC[C@H]2CCCO2)C(C)(C)O1. The van der Waals surface area contributed by atoms with Gasteiger partial charge >= 0.3 is 0 Å². The molecule has 0 unspecified atom stereocenters. The zero-order chi connectivity index (χ0) is 13.9. The maximum absolute atomic E-state index is 6.06. The summed E-state index contributed by atoms with van der Waals surface area (Å²) in [5.41, 5.74) is -0.127. The Morgan fingerprint density at radius 1 is 1.26 bits per heavy atom. The fourth-order valence-corrected chi connectivity index (χ4v) is 3.18. The van der Waals surface area contributed by atoms with Gasteiger partial charge in [-0.2, -0.15) is 0 Å². The van der Waals surface area contributed by atoms with E-state index in [-0.39, 0.29) is 11.2 Å². The Hall–Kier alpha value is -0.160. The Kier molecular flexibility index (Phi) is 4.88. The summed E-state index contributed by atoms with van der Waals surface area (Å²) in [7, 11) is 0. The van der Waals surface area contributed by atoms with E-state index in [2.05, 4.69) is 33.0 Å². The van der Waals surface area contributed by atoms with E-state index in [1.807, 2.05) is 0 Å². The highest BCUT2D eigenvalue weighted by molar-refractivity contribution is 4.98. The fourth-order valence-electron chi connectivity index (χ4n) is 3.18. The smallest absolute Gasteiger partial charge is 0.0809 e. The topological polar surface area (TPSA) is 39.7 Å². The van der Waals surface area contributed by atoms with Crippen molar-refractivity contribution in [3.8, 4) is 0 Å². The number of nitrogens with one attached hydrogen (secondary N) is 1. The first-order chi connectivity index (χ1) is 8.89. The van der Waals surface area contributed by atoms with Crippen molar-refractivity contribution in [1.29, 1.82) is 0 Å². The number of ether oxygens (including phenoxy) is 3. The van der Waals surface area contributed by atoms with Crippen LogP contribution in [-0.4, -0.2) is 49.7 Å². The first-order valence-electron chi connectivity index (χ1n) is 7.52. The van der Waals surface area contributed by atoms with Gasteiger partial charge in [-0.25, -0.2) is 0 Å². The van der Waals surface area contributed by atoms with Crippen LogP contribution in [0.2, 0.25) is 0 Å². The summed E-state index contributed by atoms with van der Waals surface area (Å²) >= 11 is 0. The average molecular weight is 271 g/mol. The molecule has 0 aromatic carbocycles. The van der Waals surface area contributed by atoms with Gasteiger partial charge in [-0.05, 0) is 47.0 Å². The summed E-state index contributed by atoms with van der Waals surface area (Å²) in [6.45, 7) is 11.9. The molecule has 0 radical (unpaired) electrons. The van der Waals surface area contributed by atoms with Gasteiger partial charge in [0.2, 0.25) is 0 Å². The van der Waals surface area contributed by atoms with Gasteiger partial charge in [-0.3, -0.25) is 0 Å². The Balaban J connectivity index is 1.60. The number of hydrogen-bond donors (Lipinski definition) is 1. The molecule has 2 aliphatic rings. The Morgan fingerprint density at radius 3 is 2.63 bits per heavy atom. The molecule has 2 aliphatic heterocycles. The van der Waals surface area contributed by atoms with Crippen molar-refractivity contribution >= 4 is 0 Å². The zero-order valence-corrected chi connectivity index (χ0v) is 12.8. The lowest BCUT2D eigenvalue weighted by molar-refractivity contribution is -0.0702. The third kappa shape index (κ3) is 4.42. The van der Waals surface area contributed by atoms with E-state index in [1.165, 1.54) is 6.42 Å². The van der Waals surface area contributed by atoms with Gasteiger partial charge in [0.1, 0.15) is 0 Å². The molecule has 2 fully saturated rings. The van der Waals surface area contributed by atoms with Crippen LogP contribution in [0.1, 0.15) is 47.0 Å². The highest BCUT2D eigenvalue weighted by atomic mass is 16.5. The average Bonchev–Trinajstić information content (AvgIpc) is 2.84. The zero-order valence-electron chi connectivity index (χ0n) is 12.8. The second kappa shape index (κ2) is 6.08. The molecule has 2 heterocycles. The van der Waals surface area contributed by atoms with E-state index in [1.54, 1.807) is 0 Å². The number of hydrogen-bond acceptors (Lipinski definition) is 4. The molecular formula is C15H29NO3. The van der Waals surface area contributed by atoms with Crippen LogP contribution in [0.4, 0.5) is 0 Å². The molecule has 0 aromatic heterocycles. The summed E-state index contributed by atoms with van der Waals surface area (Å²) in [5.74, 6) is 0. The summed E-state index contributed by atoms with van der Waals surface area (Å²) in [6, 6.07) is 0.397. The predicted octanol–water partition coefficient (Wildman–Crippen LogP) is 2.12. The van der Waals surface area contributed by atoms with Crippen LogP contribution in [-0.2, 0) is 14.2 Å². The molecule has 4 heteroatoms. The van der Waals surface area contributed by atoms with Crippen molar-refractivity contribution in [3.63, 3.8) is 0 Å². The van der Waals surface area contributed by atoms with Gasteiger partial charge < -0.3 is 19.5 Å². The van der Waals surface area contributed by atoms with Crippen molar-refractivity contribution in [2.75, 3.05) is 26.4 Å². The Morgan fingerprint density at radius 2 is 2.05 bits per heavy atom. The highest BCUT2D eigenvalue weighted by Crippen LogP contribution is 2.37. The monoisotopic (exact) mass is 271 g/mol. The van der Waals surface area contributed by atoms with Gasteiger partial charge in [0.05, 0.1) is 30.5 Å². The molecule has 2 saturated heterocycles. The van der Waals surface area contributed by atoms with Crippen molar-refractivity contribution in [3.05, 3.63) is 0 Å². The summed E-state index contributed by atoms with van der Waals surface area (Å²) in [6.07, 6.45) is 3.69. The minimum absolute atomic E-state index is 0.0281. The van der Waals surface area contributed by atoms with Gasteiger partial charge in [-0.1, -0.05) is 0 Å². The van der Waals surface area contributed by atoms with Crippen molar-refractivity contribution in [2.24, 2.45) is 0 Å². The van der Waals surface area contributed by atoms with Gasteiger partial charge in [0.15, 0.2) is 0 Å². The van der Waals surface area contributed by atoms with E-state index in [4.69, 9.17) is 14.2 Å². The Bertz CT molecular complexity index is 285. The van der Waals surface area contributed by atoms with Crippen LogP contribution in [0.15, 0.2) is 0 Å². The third-order valence-electron chi connectivity index (χ3n) is 4.04. The van der Waals surface area contributed by atoms with Crippen LogP contribution in [0, 0.1) is 0 Å². The largest absolute Gasteiger partial charge is 0.377 e. The predicted molar refractivity (Wildman–Crippen MR) is 75.4 cm³/mol. The summed E-state index contributed by atoms with van der Waals surface area (Å²) in [5, 5.41) is 3.56. The molecule has 112 valence electrons. The molecule has 1 N–H and O–H groups in total. The first-order valence-corrected chi connectivity index (χ1v) is 7.52. The molecule has 0 saturated carbocycles. The van der Waals surface area contributed by atoms with Crippen LogP contribution in [0.3, 0.4) is 0 Å². The highest BCUT2D eigenvalue weighted by Gasteiger charge is 2.45. The van der Waals surface area contributed by atoms with Gasteiger partial charge in [-0.15, -0.1) is 0 Å². The van der Waals surface area contributed by atoms with E-state index >= 15 is 0 Å². The molecular weight excluding hydrogens is 242 g/mol. The molecule has 4 nitrogen and oxygen atoms in total. The van der Waals surface area contributed by atoms with Crippen molar-refractivity contribution in [2.45, 2.75) is 70.3 Å².